The van der Waals surface area contributed by atoms with Gasteiger partial charge in [0.2, 0.25) is 10.0 Å². The third-order valence-electron chi connectivity index (χ3n) is 5.72. The van der Waals surface area contributed by atoms with Crippen molar-refractivity contribution < 1.29 is 13.2 Å². The van der Waals surface area contributed by atoms with Gasteiger partial charge in [0.05, 0.1) is 12.3 Å². The quantitative estimate of drug-likeness (QED) is 0.544. The van der Waals surface area contributed by atoms with Gasteiger partial charge in [-0.3, -0.25) is 4.90 Å². The molecule has 33 heavy (non-hydrogen) atoms. The molecule has 2 heterocycles. The molecule has 0 amide bonds. The Bertz CT molecular complexity index is 1180. The van der Waals surface area contributed by atoms with Crippen LogP contribution in [-0.2, 0) is 29.5 Å². The van der Waals surface area contributed by atoms with Crippen molar-refractivity contribution in [2.24, 2.45) is 5.92 Å². The van der Waals surface area contributed by atoms with Gasteiger partial charge in [-0.15, -0.1) is 10.2 Å². The smallest absolute Gasteiger partial charge is 0.209 e. The van der Waals surface area contributed by atoms with Gasteiger partial charge in [-0.05, 0) is 35.7 Å². The molecule has 1 aliphatic rings. The first-order valence-electron chi connectivity index (χ1n) is 11.2. The highest BCUT2D eigenvalue weighted by Crippen LogP contribution is 2.25. The highest BCUT2D eigenvalue weighted by Gasteiger charge is 2.28. The molecule has 1 N–H and O–H groups in total. The zero-order valence-corrected chi connectivity index (χ0v) is 20.1. The normalized spacial score (nSPS) is 15.8. The Balaban J connectivity index is 1.44. The van der Waals surface area contributed by atoms with Gasteiger partial charge in [-0.2, -0.15) is 0 Å². The Kier molecular flexibility index (Phi) is 7.11. The fourth-order valence-electron chi connectivity index (χ4n) is 4.08. The summed E-state index contributed by atoms with van der Waals surface area (Å²) in [4.78, 5) is 2.38. The van der Waals surface area contributed by atoms with Crippen molar-refractivity contribution in [3.63, 3.8) is 0 Å². The molecule has 1 aliphatic heterocycles. The van der Waals surface area contributed by atoms with Crippen LogP contribution in [0.15, 0.2) is 54.6 Å². The van der Waals surface area contributed by atoms with Gasteiger partial charge in [0.25, 0.3) is 0 Å². The van der Waals surface area contributed by atoms with E-state index in [4.69, 9.17) is 4.74 Å². The van der Waals surface area contributed by atoms with E-state index in [2.05, 4.69) is 36.5 Å². The molecule has 3 aromatic rings. The predicted molar refractivity (Wildman–Crippen MR) is 128 cm³/mol. The second-order valence-electron chi connectivity index (χ2n) is 8.83. The molecular weight excluding hydrogens is 438 g/mol. The minimum atomic E-state index is -3.36. The third kappa shape index (κ3) is 6.19. The molecule has 176 valence electrons. The number of sulfonamides is 1. The average molecular weight is 470 g/mol. The molecule has 4 rings (SSSR count). The summed E-state index contributed by atoms with van der Waals surface area (Å²) in [5.41, 5.74) is 1.18. The van der Waals surface area contributed by atoms with E-state index in [-0.39, 0.29) is 5.92 Å². The van der Waals surface area contributed by atoms with E-state index in [1.165, 1.54) is 11.8 Å². The number of nitrogens with one attached hydrogen (secondary N) is 1. The van der Waals surface area contributed by atoms with Gasteiger partial charge in [0.15, 0.2) is 5.82 Å². The summed E-state index contributed by atoms with van der Waals surface area (Å²) >= 11 is 0. The lowest BCUT2D eigenvalue weighted by molar-refractivity contribution is 0.268. The first kappa shape index (κ1) is 23.4. The Morgan fingerprint density at radius 3 is 2.48 bits per heavy atom. The number of aromatic nitrogens is 3. The van der Waals surface area contributed by atoms with E-state index in [1.807, 2.05) is 56.3 Å². The number of hydrogen-bond acceptors (Lipinski definition) is 6. The molecule has 8 nitrogen and oxygen atoms in total. The average Bonchev–Trinajstić information content (AvgIpc) is 3.06. The van der Waals surface area contributed by atoms with Crippen LogP contribution in [0.4, 0.5) is 0 Å². The van der Waals surface area contributed by atoms with E-state index in [0.29, 0.717) is 12.4 Å². The summed E-state index contributed by atoms with van der Waals surface area (Å²) in [6.45, 7) is 7.16. The molecule has 1 unspecified atom stereocenters. The number of fused-ring (bicyclic) bond motifs is 1. The Morgan fingerprint density at radius 1 is 1.00 bits per heavy atom. The molecule has 0 fully saturated rings. The van der Waals surface area contributed by atoms with E-state index >= 15 is 0 Å². The lowest BCUT2D eigenvalue weighted by atomic mass is 10.1. The number of para-hydroxylation sites is 1. The second-order valence-corrected chi connectivity index (χ2v) is 10.6. The molecule has 0 saturated carbocycles. The van der Waals surface area contributed by atoms with Crippen LogP contribution >= 0.6 is 0 Å². The van der Waals surface area contributed by atoms with Crippen LogP contribution in [-0.4, -0.2) is 47.4 Å². The van der Waals surface area contributed by atoms with Gasteiger partial charge in [0, 0.05) is 32.6 Å². The minimum absolute atomic E-state index is 0.0553. The van der Waals surface area contributed by atoms with Crippen molar-refractivity contribution in [2.75, 3.05) is 19.3 Å². The molecule has 0 spiro atoms. The molecule has 9 heteroatoms. The van der Waals surface area contributed by atoms with E-state index in [0.717, 1.165) is 43.4 Å². The van der Waals surface area contributed by atoms with Crippen LogP contribution in [0, 0.1) is 5.92 Å². The highest BCUT2D eigenvalue weighted by molar-refractivity contribution is 7.88. The predicted octanol–water partition coefficient (Wildman–Crippen LogP) is 3.38. The third-order valence-corrected chi connectivity index (χ3v) is 6.40. The first-order valence-corrected chi connectivity index (χ1v) is 13.1. The van der Waals surface area contributed by atoms with Crippen molar-refractivity contribution in [3.8, 4) is 11.5 Å². The van der Waals surface area contributed by atoms with E-state index in [9.17, 15) is 8.42 Å². The minimum Gasteiger partial charge on any atom is -0.457 e. The topological polar surface area (TPSA) is 89.3 Å². The van der Waals surface area contributed by atoms with E-state index in [1.54, 1.807) is 0 Å². The monoisotopic (exact) mass is 469 g/mol. The molecule has 0 aliphatic carbocycles. The Labute approximate surface area is 195 Å². The zero-order valence-electron chi connectivity index (χ0n) is 19.3. The fourth-order valence-corrected chi connectivity index (χ4v) is 4.92. The van der Waals surface area contributed by atoms with Crippen molar-refractivity contribution in [2.45, 2.75) is 39.4 Å². The van der Waals surface area contributed by atoms with Gasteiger partial charge in [-0.25, -0.2) is 13.1 Å². The van der Waals surface area contributed by atoms with Crippen molar-refractivity contribution in [3.05, 3.63) is 71.8 Å². The van der Waals surface area contributed by atoms with Gasteiger partial charge < -0.3 is 9.30 Å². The summed E-state index contributed by atoms with van der Waals surface area (Å²) in [5, 5.41) is 8.74. The molecule has 2 aromatic carbocycles. The molecule has 0 bridgehead atoms. The first-order chi connectivity index (χ1) is 15.8. The Hall–Kier alpha value is -2.75. The SMILES string of the molecule is CC(C)C(NS(C)(=O)=O)c1nnc2n1CCN(Cc1cccc(Oc3ccccc3)c1)CC2. The molecule has 0 saturated heterocycles. The van der Waals surface area contributed by atoms with Gasteiger partial charge in [-0.1, -0.05) is 44.2 Å². The number of hydrogen-bond donors (Lipinski definition) is 1. The maximum Gasteiger partial charge on any atom is 0.209 e. The number of ether oxygens (including phenoxy) is 1. The molecule has 1 atom stereocenters. The lowest BCUT2D eigenvalue weighted by Crippen LogP contribution is -2.33. The maximum atomic E-state index is 11.9. The van der Waals surface area contributed by atoms with Crippen LogP contribution in [0.5, 0.6) is 11.5 Å². The van der Waals surface area contributed by atoms with Crippen LogP contribution in [0.2, 0.25) is 0 Å². The number of rotatable bonds is 8. The van der Waals surface area contributed by atoms with Crippen LogP contribution in [0.3, 0.4) is 0 Å². The summed E-state index contributed by atoms with van der Waals surface area (Å²) < 4.78 is 34.6. The second kappa shape index (κ2) is 10.0. The summed E-state index contributed by atoms with van der Waals surface area (Å²) in [6.07, 6.45) is 1.94. The fraction of sp³-hybridized carbons (Fsp3) is 0.417. The number of benzene rings is 2. The van der Waals surface area contributed by atoms with Gasteiger partial charge in [0.1, 0.15) is 17.3 Å². The number of nitrogens with zero attached hydrogens (tertiary/aromatic N) is 4. The zero-order chi connectivity index (χ0) is 23.4. The van der Waals surface area contributed by atoms with Gasteiger partial charge >= 0.3 is 0 Å². The van der Waals surface area contributed by atoms with E-state index < -0.39 is 16.1 Å². The summed E-state index contributed by atoms with van der Waals surface area (Å²) in [7, 11) is -3.36. The van der Waals surface area contributed by atoms with Crippen LogP contribution in [0.25, 0.3) is 0 Å². The largest absolute Gasteiger partial charge is 0.457 e. The highest BCUT2D eigenvalue weighted by atomic mass is 32.2. The molecule has 0 radical (unpaired) electrons. The standard InChI is InChI=1S/C24H31N5O3S/c1-18(2)23(27-33(3,30)31)24-26-25-22-12-13-28(14-15-29(22)24)17-19-8-7-11-21(16-19)32-20-9-5-4-6-10-20/h4-11,16,18,23,27H,12-15,17H2,1-3H3. The molecular formula is C24H31N5O3S. The Morgan fingerprint density at radius 2 is 1.76 bits per heavy atom. The van der Waals surface area contributed by atoms with Crippen molar-refractivity contribution in [1.29, 1.82) is 0 Å². The van der Waals surface area contributed by atoms with Crippen molar-refractivity contribution in [1.82, 2.24) is 24.4 Å². The molecule has 1 aromatic heterocycles. The van der Waals surface area contributed by atoms with Crippen LogP contribution < -0.4 is 9.46 Å². The van der Waals surface area contributed by atoms with Crippen LogP contribution in [0.1, 0.15) is 37.1 Å². The summed E-state index contributed by atoms with van der Waals surface area (Å²) in [6, 6.07) is 17.5. The van der Waals surface area contributed by atoms with Crippen molar-refractivity contribution >= 4 is 10.0 Å². The maximum absolute atomic E-state index is 11.9. The lowest BCUT2D eigenvalue weighted by Gasteiger charge is -2.22. The summed E-state index contributed by atoms with van der Waals surface area (Å²) in [5.74, 6) is 3.27.